The minimum Gasteiger partial charge on any atom is -0.372 e. The molecule has 0 amide bonds. The predicted octanol–water partition coefficient (Wildman–Crippen LogP) is 2.74. The lowest BCUT2D eigenvalue weighted by atomic mass is 9.94. The van der Waals surface area contributed by atoms with Crippen molar-refractivity contribution in [3.05, 3.63) is 29.8 Å². The second-order valence-electron chi connectivity index (χ2n) is 4.94. The van der Waals surface area contributed by atoms with Gasteiger partial charge in [0, 0.05) is 24.8 Å². The highest BCUT2D eigenvalue weighted by Crippen LogP contribution is 2.25. The molecule has 1 aromatic rings. The molecule has 16 heavy (non-hydrogen) atoms. The van der Waals surface area contributed by atoms with Crippen LogP contribution in [0.5, 0.6) is 0 Å². The largest absolute Gasteiger partial charge is 0.372 e. The van der Waals surface area contributed by atoms with Crippen LogP contribution in [0.4, 0.5) is 5.69 Å². The first-order valence-corrected chi connectivity index (χ1v) is 6.29. The summed E-state index contributed by atoms with van der Waals surface area (Å²) in [5, 5.41) is 0. The highest BCUT2D eigenvalue weighted by molar-refractivity contribution is 5.50. The fourth-order valence-electron chi connectivity index (χ4n) is 2.28. The first-order chi connectivity index (χ1) is 7.68. The van der Waals surface area contributed by atoms with Crippen molar-refractivity contribution in [2.45, 2.75) is 38.6 Å². The summed E-state index contributed by atoms with van der Waals surface area (Å²) in [5.74, 6) is 0.433. The quantitative estimate of drug-likeness (QED) is 0.845. The van der Waals surface area contributed by atoms with E-state index in [0.29, 0.717) is 5.92 Å². The van der Waals surface area contributed by atoms with Crippen LogP contribution >= 0.6 is 0 Å². The Hall–Kier alpha value is -1.02. The van der Waals surface area contributed by atoms with E-state index in [4.69, 9.17) is 5.73 Å². The molecule has 2 nitrogen and oxygen atoms in total. The third-order valence-corrected chi connectivity index (χ3v) is 3.66. The molecular weight excluding hydrogens is 196 g/mol. The van der Waals surface area contributed by atoms with Crippen molar-refractivity contribution in [1.29, 1.82) is 0 Å². The average molecular weight is 218 g/mol. The van der Waals surface area contributed by atoms with Crippen LogP contribution < -0.4 is 10.6 Å². The molecule has 2 heteroatoms. The zero-order chi connectivity index (χ0) is 11.5. The third-order valence-electron chi connectivity index (χ3n) is 3.66. The van der Waals surface area contributed by atoms with Gasteiger partial charge in [-0.3, -0.25) is 0 Å². The van der Waals surface area contributed by atoms with E-state index >= 15 is 0 Å². The molecule has 0 bridgehead atoms. The predicted molar refractivity (Wildman–Crippen MR) is 70.0 cm³/mol. The Morgan fingerprint density at radius 3 is 2.50 bits per heavy atom. The lowest BCUT2D eigenvalue weighted by Gasteiger charge is -2.21. The van der Waals surface area contributed by atoms with Gasteiger partial charge in [-0.05, 0) is 43.4 Å². The molecule has 1 saturated heterocycles. The van der Waals surface area contributed by atoms with Crippen LogP contribution in [-0.2, 0) is 0 Å². The summed E-state index contributed by atoms with van der Waals surface area (Å²) in [6, 6.07) is 9.08. The van der Waals surface area contributed by atoms with Gasteiger partial charge in [-0.1, -0.05) is 19.1 Å². The van der Waals surface area contributed by atoms with Crippen LogP contribution in [0.3, 0.4) is 0 Å². The number of anilines is 1. The molecular formula is C14H22N2. The van der Waals surface area contributed by atoms with Crippen molar-refractivity contribution in [2.24, 2.45) is 5.73 Å². The Labute approximate surface area is 98.4 Å². The molecule has 1 aliphatic rings. The van der Waals surface area contributed by atoms with Gasteiger partial charge in [-0.25, -0.2) is 0 Å². The Bertz CT molecular complexity index is 323. The standard InChI is InChI=1S/C14H22N2/c1-11(12(2)15)13-6-5-7-14(10-13)16-8-3-4-9-16/h5-7,10-12H,3-4,8-9,15H2,1-2H3. The maximum atomic E-state index is 5.96. The van der Waals surface area contributed by atoms with Crippen LogP contribution in [0.25, 0.3) is 0 Å². The highest BCUT2D eigenvalue weighted by Gasteiger charge is 2.15. The van der Waals surface area contributed by atoms with E-state index in [1.165, 1.54) is 37.2 Å². The summed E-state index contributed by atoms with van der Waals surface area (Å²) in [6.45, 7) is 6.69. The van der Waals surface area contributed by atoms with E-state index in [1.807, 2.05) is 0 Å². The topological polar surface area (TPSA) is 29.3 Å². The molecule has 0 saturated carbocycles. The fraction of sp³-hybridized carbons (Fsp3) is 0.571. The van der Waals surface area contributed by atoms with E-state index in [9.17, 15) is 0 Å². The molecule has 2 rings (SSSR count). The minimum atomic E-state index is 0.217. The lowest BCUT2D eigenvalue weighted by Crippen LogP contribution is -2.23. The summed E-state index contributed by atoms with van der Waals surface area (Å²) in [4.78, 5) is 2.47. The van der Waals surface area contributed by atoms with Gasteiger partial charge in [-0.15, -0.1) is 0 Å². The molecule has 88 valence electrons. The van der Waals surface area contributed by atoms with Gasteiger partial charge in [0.15, 0.2) is 0 Å². The normalized spacial score (nSPS) is 19.8. The van der Waals surface area contributed by atoms with Crippen LogP contribution in [0.15, 0.2) is 24.3 Å². The molecule has 2 atom stereocenters. The Balaban J connectivity index is 2.18. The van der Waals surface area contributed by atoms with Gasteiger partial charge in [0.05, 0.1) is 0 Å². The second-order valence-corrected chi connectivity index (χ2v) is 4.94. The van der Waals surface area contributed by atoms with Crippen LogP contribution in [0.2, 0.25) is 0 Å². The minimum absolute atomic E-state index is 0.217. The molecule has 1 aromatic carbocycles. The maximum absolute atomic E-state index is 5.96. The number of nitrogens with two attached hydrogens (primary N) is 1. The van der Waals surface area contributed by atoms with Crippen molar-refractivity contribution < 1.29 is 0 Å². The van der Waals surface area contributed by atoms with E-state index < -0.39 is 0 Å². The Morgan fingerprint density at radius 1 is 1.19 bits per heavy atom. The second kappa shape index (κ2) is 4.88. The van der Waals surface area contributed by atoms with Crippen LogP contribution in [0.1, 0.15) is 38.2 Å². The molecule has 0 spiro atoms. The van der Waals surface area contributed by atoms with Gasteiger partial charge in [-0.2, -0.15) is 0 Å². The molecule has 2 N–H and O–H groups in total. The zero-order valence-electron chi connectivity index (χ0n) is 10.3. The maximum Gasteiger partial charge on any atom is 0.0369 e. The van der Waals surface area contributed by atoms with Crippen molar-refractivity contribution in [2.75, 3.05) is 18.0 Å². The molecule has 0 aromatic heterocycles. The van der Waals surface area contributed by atoms with Crippen molar-refractivity contribution in [3.8, 4) is 0 Å². The summed E-state index contributed by atoms with van der Waals surface area (Å²) in [7, 11) is 0. The van der Waals surface area contributed by atoms with E-state index in [-0.39, 0.29) is 6.04 Å². The fourth-order valence-corrected chi connectivity index (χ4v) is 2.28. The number of benzene rings is 1. The van der Waals surface area contributed by atoms with Gasteiger partial charge < -0.3 is 10.6 Å². The van der Waals surface area contributed by atoms with E-state index in [0.717, 1.165) is 0 Å². The lowest BCUT2D eigenvalue weighted by molar-refractivity contribution is 0.613. The molecule has 1 fully saturated rings. The van der Waals surface area contributed by atoms with Crippen molar-refractivity contribution in [3.63, 3.8) is 0 Å². The first-order valence-electron chi connectivity index (χ1n) is 6.29. The zero-order valence-corrected chi connectivity index (χ0v) is 10.3. The number of rotatable bonds is 3. The smallest absolute Gasteiger partial charge is 0.0369 e. The summed E-state index contributed by atoms with van der Waals surface area (Å²) in [5.41, 5.74) is 8.68. The van der Waals surface area contributed by atoms with Crippen LogP contribution in [-0.4, -0.2) is 19.1 Å². The Morgan fingerprint density at radius 2 is 1.88 bits per heavy atom. The molecule has 2 unspecified atom stereocenters. The molecule has 0 radical (unpaired) electrons. The first kappa shape index (κ1) is 11.5. The molecule has 1 aliphatic heterocycles. The monoisotopic (exact) mass is 218 g/mol. The number of hydrogen-bond donors (Lipinski definition) is 1. The average Bonchev–Trinajstić information content (AvgIpc) is 2.81. The van der Waals surface area contributed by atoms with Gasteiger partial charge in [0.2, 0.25) is 0 Å². The third kappa shape index (κ3) is 2.38. The summed E-state index contributed by atoms with van der Waals surface area (Å²) < 4.78 is 0. The van der Waals surface area contributed by atoms with Crippen LogP contribution in [0, 0.1) is 0 Å². The van der Waals surface area contributed by atoms with Crippen molar-refractivity contribution in [1.82, 2.24) is 0 Å². The molecule has 1 heterocycles. The summed E-state index contributed by atoms with van der Waals surface area (Å²) in [6.07, 6.45) is 2.65. The van der Waals surface area contributed by atoms with E-state index in [1.54, 1.807) is 0 Å². The van der Waals surface area contributed by atoms with Gasteiger partial charge >= 0.3 is 0 Å². The number of hydrogen-bond acceptors (Lipinski definition) is 2. The van der Waals surface area contributed by atoms with E-state index in [2.05, 4.69) is 43.0 Å². The van der Waals surface area contributed by atoms with Gasteiger partial charge in [0.1, 0.15) is 0 Å². The van der Waals surface area contributed by atoms with Gasteiger partial charge in [0.25, 0.3) is 0 Å². The number of nitrogens with zero attached hydrogens (tertiary/aromatic N) is 1. The molecule has 0 aliphatic carbocycles. The summed E-state index contributed by atoms with van der Waals surface area (Å²) >= 11 is 0. The van der Waals surface area contributed by atoms with Crippen molar-refractivity contribution >= 4 is 5.69 Å². The highest BCUT2D eigenvalue weighted by atomic mass is 15.1. The Kier molecular flexibility index (Phi) is 3.49. The SMILES string of the molecule is CC(N)C(C)c1cccc(N2CCCC2)c1.